The van der Waals surface area contributed by atoms with Crippen LogP contribution in [0.2, 0.25) is 0 Å². The maximum absolute atomic E-state index is 11.5. The van der Waals surface area contributed by atoms with Gasteiger partial charge in [0.05, 0.1) is 6.42 Å². The summed E-state index contributed by atoms with van der Waals surface area (Å²) in [5.74, 6) is 0.0197. The van der Waals surface area contributed by atoms with Crippen molar-refractivity contribution in [2.24, 2.45) is 5.73 Å². The van der Waals surface area contributed by atoms with Crippen LogP contribution in [0.15, 0.2) is 28.7 Å². The zero-order chi connectivity index (χ0) is 12.0. The molecular weight excluding hydrogens is 268 g/mol. The lowest BCUT2D eigenvalue weighted by Gasteiger charge is -2.10. The van der Waals surface area contributed by atoms with Gasteiger partial charge < -0.3 is 11.1 Å². The van der Waals surface area contributed by atoms with E-state index in [4.69, 9.17) is 5.73 Å². The fourth-order valence-corrected chi connectivity index (χ4v) is 1.50. The maximum atomic E-state index is 11.5. The van der Waals surface area contributed by atoms with E-state index in [0.29, 0.717) is 13.0 Å². The average Bonchev–Trinajstić information content (AvgIpc) is 2.29. The Morgan fingerprint density at radius 1 is 1.44 bits per heavy atom. The molecule has 88 valence electrons. The molecule has 1 aromatic carbocycles. The number of nitrogens with two attached hydrogens (primary N) is 1. The number of rotatable bonds is 5. The van der Waals surface area contributed by atoms with Crippen LogP contribution in [-0.2, 0) is 11.2 Å². The fraction of sp³-hybridized carbons (Fsp3) is 0.417. The summed E-state index contributed by atoms with van der Waals surface area (Å²) in [6, 6.07) is 7.78. The monoisotopic (exact) mass is 284 g/mol. The lowest BCUT2D eigenvalue weighted by atomic mass is 10.1. The molecule has 1 aromatic rings. The number of carbonyl (C=O) groups is 1. The fourth-order valence-electron chi connectivity index (χ4n) is 1.24. The van der Waals surface area contributed by atoms with Gasteiger partial charge in [-0.2, -0.15) is 0 Å². The molecule has 4 heteroatoms. The highest BCUT2D eigenvalue weighted by Crippen LogP contribution is 2.10. The van der Waals surface area contributed by atoms with Crippen LogP contribution < -0.4 is 11.1 Å². The maximum Gasteiger partial charge on any atom is 0.224 e. The highest BCUT2D eigenvalue weighted by molar-refractivity contribution is 9.10. The minimum atomic E-state index is 0.0197. The molecule has 0 saturated carbocycles. The second-order valence-corrected chi connectivity index (χ2v) is 4.69. The summed E-state index contributed by atoms with van der Waals surface area (Å²) in [5.41, 5.74) is 6.72. The van der Waals surface area contributed by atoms with Crippen molar-refractivity contribution in [1.29, 1.82) is 0 Å². The van der Waals surface area contributed by atoms with Gasteiger partial charge in [0.25, 0.3) is 0 Å². The second kappa shape index (κ2) is 6.66. The van der Waals surface area contributed by atoms with Gasteiger partial charge in [0.15, 0.2) is 0 Å². The Bertz CT molecular complexity index is 337. The topological polar surface area (TPSA) is 55.1 Å². The van der Waals surface area contributed by atoms with Crippen LogP contribution in [0.4, 0.5) is 0 Å². The van der Waals surface area contributed by atoms with Crippen molar-refractivity contribution in [2.75, 3.05) is 6.54 Å². The van der Waals surface area contributed by atoms with Crippen LogP contribution >= 0.6 is 15.9 Å². The lowest BCUT2D eigenvalue weighted by Crippen LogP contribution is -2.37. The molecule has 1 amide bonds. The van der Waals surface area contributed by atoms with Gasteiger partial charge in [0.2, 0.25) is 5.91 Å². The molecule has 0 saturated heterocycles. The molecule has 1 atom stereocenters. The van der Waals surface area contributed by atoms with Crippen LogP contribution in [-0.4, -0.2) is 18.5 Å². The molecule has 0 aliphatic rings. The molecule has 16 heavy (non-hydrogen) atoms. The summed E-state index contributed by atoms with van der Waals surface area (Å²) in [6.07, 6.45) is 1.28. The van der Waals surface area contributed by atoms with Crippen LogP contribution in [0, 0.1) is 0 Å². The van der Waals surface area contributed by atoms with E-state index in [1.807, 2.05) is 31.2 Å². The Kier molecular flexibility index (Phi) is 5.49. The van der Waals surface area contributed by atoms with Gasteiger partial charge in [-0.05, 0) is 24.1 Å². The summed E-state index contributed by atoms with van der Waals surface area (Å²) >= 11 is 3.35. The van der Waals surface area contributed by atoms with E-state index in [9.17, 15) is 4.79 Å². The third kappa shape index (κ3) is 4.77. The minimum Gasteiger partial charge on any atom is -0.354 e. The highest BCUT2D eigenvalue weighted by Gasteiger charge is 2.05. The summed E-state index contributed by atoms with van der Waals surface area (Å²) in [7, 11) is 0. The molecule has 0 heterocycles. The number of hydrogen-bond donors (Lipinski definition) is 2. The first-order valence-corrected chi connectivity index (χ1v) is 6.18. The summed E-state index contributed by atoms with van der Waals surface area (Å²) in [6.45, 7) is 2.55. The van der Waals surface area contributed by atoms with Crippen molar-refractivity contribution in [3.05, 3.63) is 34.3 Å². The van der Waals surface area contributed by atoms with Gasteiger partial charge in [-0.25, -0.2) is 0 Å². The van der Waals surface area contributed by atoms with Crippen molar-refractivity contribution in [3.63, 3.8) is 0 Å². The van der Waals surface area contributed by atoms with Crippen LogP contribution in [0.1, 0.15) is 18.9 Å². The van der Waals surface area contributed by atoms with E-state index in [1.54, 1.807) is 0 Å². The summed E-state index contributed by atoms with van der Waals surface area (Å²) in [4.78, 5) is 11.5. The zero-order valence-corrected chi connectivity index (χ0v) is 11.0. The first kappa shape index (κ1) is 13.2. The molecule has 0 bridgehead atoms. The van der Waals surface area contributed by atoms with E-state index in [2.05, 4.69) is 21.2 Å². The number of nitrogens with one attached hydrogen (secondary N) is 1. The minimum absolute atomic E-state index is 0.0197. The van der Waals surface area contributed by atoms with Gasteiger partial charge in [-0.3, -0.25) is 4.79 Å². The average molecular weight is 285 g/mol. The van der Waals surface area contributed by atoms with Gasteiger partial charge in [0.1, 0.15) is 0 Å². The van der Waals surface area contributed by atoms with E-state index < -0.39 is 0 Å². The van der Waals surface area contributed by atoms with Crippen LogP contribution in [0.3, 0.4) is 0 Å². The molecule has 0 fully saturated rings. The third-order valence-electron chi connectivity index (χ3n) is 2.36. The normalized spacial score (nSPS) is 12.2. The first-order valence-electron chi connectivity index (χ1n) is 5.38. The number of carbonyl (C=O) groups excluding carboxylic acids is 1. The van der Waals surface area contributed by atoms with E-state index in [1.165, 1.54) is 0 Å². The summed E-state index contributed by atoms with van der Waals surface area (Å²) < 4.78 is 1.02. The standard InChI is InChI=1S/C12H17BrN2O/c1-2-11(14)8-15-12(16)7-9-3-5-10(13)6-4-9/h3-6,11H,2,7-8,14H2,1H3,(H,15,16). The smallest absolute Gasteiger partial charge is 0.224 e. The van der Waals surface area contributed by atoms with Gasteiger partial charge >= 0.3 is 0 Å². The molecule has 1 unspecified atom stereocenters. The number of benzene rings is 1. The molecule has 0 aliphatic heterocycles. The largest absolute Gasteiger partial charge is 0.354 e. The highest BCUT2D eigenvalue weighted by atomic mass is 79.9. The molecular formula is C12H17BrN2O. The van der Waals surface area contributed by atoms with Gasteiger partial charge in [-0.15, -0.1) is 0 Å². The molecule has 0 radical (unpaired) electrons. The Morgan fingerprint density at radius 2 is 2.06 bits per heavy atom. The molecule has 1 rings (SSSR count). The SMILES string of the molecule is CCC(N)CNC(=O)Cc1ccc(Br)cc1. The molecule has 3 nitrogen and oxygen atoms in total. The van der Waals surface area contributed by atoms with Crippen LogP contribution in [0.5, 0.6) is 0 Å². The van der Waals surface area contributed by atoms with Gasteiger partial charge in [0, 0.05) is 17.1 Å². The Labute approximate surface area is 105 Å². The van der Waals surface area contributed by atoms with Crippen molar-refractivity contribution in [2.45, 2.75) is 25.8 Å². The Morgan fingerprint density at radius 3 is 2.62 bits per heavy atom. The van der Waals surface area contributed by atoms with Crippen LogP contribution in [0.25, 0.3) is 0 Å². The van der Waals surface area contributed by atoms with E-state index in [-0.39, 0.29) is 11.9 Å². The first-order chi connectivity index (χ1) is 7.61. The van der Waals surface area contributed by atoms with Crippen molar-refractivity contribution in [3.8, 4) is 0 Å². The van der Waals surface area contributed by atoms with E-state index in [0.717, 1.165) is 16.5 Å². The Hall–Kier alpha value is -0.870. The quantitative estimate of drug-likeness (QED) is 0.867. The molecule has 0 spiro atoms. The predicted molar refractivity (Wildman–Crippen MR) is 69.1 cm³/mol. The van der Waals surface area contributed by atoms with Crippen molar-refractivity contribution < 1.29 is 4.79 Å². The number of amides is 1. The van der Waals surface area contributed by atoms with E-state index >= 15 is 0 Å². The third-order valence-corrected chi connectivity index (χ3v) is 2.89. The van der Waals surface area contributed by atoms with Crippen molar-refractivity contribution >= 4 is 21.8 Å². The Balaban J connectivity index is 2.37. The molecule has 3 N–H and O–H groups in total. The molecule has 0 aromatic heterocycles. The summed E-state index contributed by atoms with van der Waals surface area (Å²) in [5, 5.41) is 2.82. The lowest BCUT2D eigenvalue weighted by molar-refractivity contribution is -0.120. The predicted octanol–water partition coefficient (Wildman–Crippen LogP) is 1.85. The number of halogens is 1. The molecule has 0 aliphatic carbocycles. The number of hydrogen-bond acceptors (Lipinski definition) is 2. The van der Waals surface area contributed by atoms with Gasteiger partial charge in [-0.1, -0.05) is 35.0 Å². The zero-order valence-electron chi connectivity index (χ0n) is 9.37. The van der Waals surface area contributed by atoms with Crippen molar-refractivity contribution in [1.82, 2.24) is 5.32 Å². The second-order valence-electron chi connectivity index (χ2n) is 3.78.